The van der Waals surface area contributed by atoms with Crippen LogP contribution in [0.2, 0.25) is 0 Å². The largest absolute Gasteiger partial charge is 0.0616 e. The van der Waals surface area contributed by atoms with Gasteiger partial charge in [0.1, 0.15) is 0 Å². The third kappa shape index (κ3) is 7.12. The summed E-state index contributed by atoms with van der Waals surface area (Å²) in [4.78, 5) is 33.4. The molecule has 0 saturated carbocycles. The minimum atomic E-state index is -0.0157. The van der Waals surface area contributed by atoms with E-state index in [0.29, 0.717) is 0 Å². The summed E-state index contributed by atoms with van der Waals surface area (Å²) in [5, 5.41) is 10.5. The summed E-state index contributed by atoms with van der Waals surface area (Å²) in [5.41, 5.74) is 14.7. The van der Waals surface area contributed by atoms with Crippen molar-refractivity contribution in [2.24, 2.45) is 0 Å². The van der Waals surface area contributed by atoms with Gasteiger partial charge in [0.05, 0.1) is 0 Å². The molecule has 362 valence electrons. The molecule has 0 fully saturated rings. The zero-order valence-electron chi connectivity index (χ0n) is 41.1. The Bertz CT molecular complexity index is 5340. The Hall–Kier alpha value is -8.56. The third-order valence-corrected chi connectivity index (χ3v) is 23.1. The molecule has 0 amide bonds. The molecule has 6 nitrogen and oxygen atoms in total. The van der Waals surface area contributed by atoms with E-state index in [0.717, 1.165) is 121 Å². The molecule has 0 atom stereocenters. The second-order valence-electron chi connectivity index (χ2n) is 19.7. The number of hydrogen-bond acceptors (Lipinski definition) is 8. The quantitative estimate of drug-likeness (QED) is 0.122. The molecule has 0 N–H and O–H groups in total. The molecule has 17 aromatic rings. The average Bonchev–Trinajstić information content (AvgIpc) is 4.51. The van der Waals surface area contributed by atoms with Gasteiger partial charge in [-0.1, -0.05) is 30.3 Å². The average molecular weight is 1160 g/mol. The minimum Gasteiger partial charge on any atom is -0.0616 e. The molecule has 0 saturated heterocycles. The van der Waals surface area contributed by atoms with E-state index in [9.17, 15) is 0 Å². The SMILES string of the molecule is c1ccc(-c2ccc3ccc4ccc(-c5cc6sc7c8cc(-c9ccc%10ccc%11ccc(-c%12ccccc%12)nc%11c%10n9)[se]c8c8[se]c(-c9ccc%10ccc%11ccc(-c%12ccccc%12)nc%11c%10n9)cc8c7c6s5)nc4c3n2)cc1. The van der Waals surface area contributed by atoms with Crippen LogP contribution in [0.5, 0.6) is 0 Å². The van der Waals surface area contributed by atoms with Crippen LogP contribution in [0.3, 0.4) is 0 Å². The van der Waals surface area contributed by atoms with Crippen LogP contribution in [0.1, 0.15) is 0 Å². The van der Waals surface area contributed by atoms with E-state index in [4.69, 9.17) is 29.9 Å². The fourth-order valence-electron chi connectivity index (χ4n) is 11.2. The maximum absolute atomic E-state index is 5.53. The Kier molecular flexibility index (Phi) is 9.99. The second-order valence-corrected chi connectivity index (χ2v) is 26.2. The van der Waals surface area contributed by atoms with Gasteiger partial charge < -0.3 is 0 Å². The molecule has 17 rings (SSSR count). The van der Waals surface area contributed by atoms with Crippen LogP contribution in [0.25, 0.3) is 169 Å². The first-order chi connectivity index (χ1) is 38.6. The van der Waals surface area contributed by atoms with Gasteiger partial charge in [-0.25, -0.2) is 0 Å². The minimum absolute atomic E-state index is 0.00604. The van der Waals surface area contributed by atoms with Crippen LogP contribution in [0, 0.1) is 0 Å². The Balaban J connectivity index is 0.862. The second kappa shape index (κ2) is 17.5. The van der Waals surface area contributed by atoms with Gasteiger partial charge in [-0.15, -0.1) is 0 Å². The number of nitrogens with zero attached hydrogens (tertiary/aromatic N) is 6. The third-order valence-electron chi connectivity index (χ3n) is 15.1. The van der Waals surface area contributed by atoms with Gasteiger partial charge in [-0.2, -0.15) is 0 Å². The first-order valence-electron chi connectivity index (χ1n) is 25.7. The van der Waals surface area contributed by atoms with Crippen LogP contribution < -0.4 is 0 Å². The molecule has 0 spiro atoms. The van der Waals surface area contributed by atoms with Crippen molar-refractivity contribution in [2.75, 3.05) is 0 Å². The maximum atomic E-state index is 5.53. The van der Waals surface area contributed by atoms with Crippen LogP contribution >= 0.6 is 22.7 Å². The van der Waals surface area contributed by atoms with Crippen molar-refractivity contribution in [1.29, 1.82) is 0 Å². The van der Waals surface area contributed by atoms with E-state index in [2.05, 4.69) is 200 Å². The van der Waals surface area contributed by atoms with Gasteiger partial charge in [0.25, 0.3) is 0 Å². The zero-order chi connectivity index (χ0) is 51.0. The summed E-state index contributed by atoms with van der Waals surface area (Å²) in [7, 11) is 0. The van der Waals surface area contributed by atoms with Crippen molar-refractivity contribution >= 4 is 156 Å². The molecular formula is C68H36N6S2Se2. The molecule has 10 heterocycles. The van der Waals surface area contributed by atoms with Gasteiger partial charge in [0.2, 0.25) is 0 Å². The maximum Gasteiger partial charge on any atom is -0.0528 e. The molecule has 0 radical (unpaired) electrons. The molecule has 0 aliphatic heterocycles. The van der Waals surface area contributed by atoms with Crippen LogP contribution in [-0.4, -0.2) is 58.9 Å². The van der Waals surface area contributed by atoms with E-state index in [-0.39, 0.29) is 29.0 Å². The number of fused-ring (bicyclic) bond motifs is 17. The molecule has 10 heteroatoms. The molecule has 0 bridgehead atoms. The van der Waals surface area contributed by atoms with Gasteiger partial charge >= 0.3 is 427 Å². The smallest absolute Gasteiger partial charge is 0.0528 e. The normalized spacial score (nSPS) is 12.1. The standard InChI is InChI=1S/C68H36N6S2Se2/c1-4-10-37(11-5-1)48-28-22-40-16-19-43-25-31-51(72-62(43)59(40)69-48)54-36-55-66(75-54)58-46-34-56(52-32-26-44-20-17-41-23-29-49(38-12-6-2-7-13-38)70-60(41)63(44)73-52)77-67(46)68-47(65(58)76-55)35-57(78-68)53-33-27-45-21-18-42-24-30-50(39-14-8-3-9-15-39)71-61(42)64(45)74-53/h1-36H. The van der Waals surface area contributed by atoms with Gasteiger partial charge in [0.15, 0.2) is 0 Å². The molecule has 78 heavy (non-hydrogen) atoms. The van der Waals surface area contributed by atoms with E-state index >= 15 is 0 Å². The van der Waals surface area contributed by atoms with Crippen molar-refractivity contribution in [1.82, 2.24) is 29.9 Å². The number of aromatic nitrogens is 6. The summed E-state index contributed by atoms with van der Waals surface area (Å²) in [6.07, 6.45) is 0. The topological polar surface area (TPSA) is 77.3 Å². The molecule has 0 unspecified atom stereocenters. The Morgan fingerprint density at radius 1 is 0.282 bits per heavy atom. The number of pyridine rings is 6. The molecule has 0 aliphatic carbocycles. The van der Waals surface area contributed by atoms with Gasteiger partial charge in [-0.05, 0) is 6.07 Å². The molecule has 7 aromatic carbocycles. The van der Waals surface area contributed by atoms with Crippen molar-refractivity contribution in [3.63, 3.8) is 0 Å². The van der Waals surface area contributed by atoms with Crippen LogP contribution in [0.15, 0.2) is 218 Å². The van der Waals surface area contributed by atoms with Crippen molar-refractivity contribution in [3.8, 4) is 64.6 Å². The van der Waals surface area contributed by atoms with E-state index in [1.54, 1.807) is 0 Å². The fourth-order valence-corrected chi connectivity index (χ4v) is 19.5. The number of benzene rings is 7. The number of thiophene rings is 2. The number of rotatable bonds is 6. The van der Waals surface area contributed by atoms with E-state index in [1.165, 1.54) is 47.7 Å². The van der Waals surface area contributed by atoms with E-state index in [1.807, 2.05) is 40.9 Å². The Morgan fingerprint density at radius 3 is 1.04 bits per heavy atom. The van der Waals surface area contributed by atoms with Crippen LogP contribution in [0.4, 0.5) is 0 Å². The predicted octanol–water partition coefficient (Wildman–Crippen LogP) is 17.8. The zero-order valence-corrected chi connectivity index (χ0v) is 46.2. The first kappa shape index (κ1) is 44.6. The van der Waals surface area contributed by atoms with E-state index < -0.39 is 0 Å². The summed E-state index contributed by atoms with van der Waals surface area (Å²) in [5.74, 6) is 0. The Labute approximate surface area is 465 Å². The predicted molar refractivity (Wildman–Crippen MR) is 331 cm³/mol. The fraction of sp³-hybridized carbons (Fsp3) is 0. The monoisotopic (exact) mass is 1160 g/mol. The summed E-state index contributed by atoms with van der Waals surface area (Å²) in [6.45, 7) is 0. The summed E-state index contributed by atoms with van der Waals surface area (Å²) >= 11 is 3.76. The summed E-state index contributed by atoms with van der Waals surface area (Å²) in [6, 6.07) is 77.7. The molecule has 10 aromatic heterocycles. The first-order valence-corrected chi connectivity index (χ1v) is 30.8. The van der Waals surface area contributed by atoms with Crippen LogP contribution in [-0.2, 0) is 0 Å². The molecule has 0 aliphatic rings. The van der Waals surface area contributed by atoms with Crippen molar-refractivity contribution in [2.45, 2.75) is 0 Å². The van der Waals surface area contributed by atoms with Crippen molar-refractivity contribution in [3.05, 3.63) is 218 Å². The molecular weight excluding hydrogens is 1120 g/mol. The van der Waals surface area contributed by atoms with Crippen molar-refractivity contribution < 1.29 is 0 Å². The summed E-state index contributed by atoms with van der Waals surface area (Å²) < 4.78 is 9.43. The van der Waals surface area contributed by atoms with Gasteiger partial charge in [-0.3, -0.25) is 0 Å². The number of hydrogen-bond donors (Lipinski definition) is 0. The Morgan fingerprint density at radius 2 is 0.615 bits per heavy atom. The van der Waals surface area contributed by atoms with Gasteiger partial charge in [0, 0.05) is 5.56 Å².